The van der Waals surface area contributed by atoms with Gasteiger partial charge < -0.3 is 15.0 Å². The summed E-state index contributed by atoms with van der Waals surface area (Å²) in [5.74, 6) is 1.90. The lowest BCUT2D eigenvalue weighted by molar-refractivity contribution is 0.0326. The van der Waals surface area contributed by atoms with Crippen LogP contribution in [0.5, 0.6) is 5.75 Å². The van der Waals surface area contributed by atoms with Gasteiger partial charge in [0, 0.05) is 30.6 Å². The van der Waals surface area contributed by atoms with Crippen molar-refractivity contribution in [2.45, 2.75) is 76.5 Å². The molecule has 1 aromatic carbocycles. The van der Waals surface area contributed by atoms with E-state index in [1.54, 1.807) is 0 Å². The molecule has 3 heteroatoms. The summed E-state index contributed by atoms with van der Waals surface area (Å²) in [5.41, 5.74) is 1.48. The van der Waals surface area contributed by atoms with Gasteiger partial charge >= 0.3 is 0 Å². The monoisotopic (exact) mass is 342 g/mol. The summed E-state index contributed by atoms with van der Waals surface area (Å²) in [7, 11) is 0. The van der Waals surface area contributed by atoms with Crippen LogP contribution in [0.1, 0.15) is 70.4 Å². The zero-order chi connectivity index (χ0) is 17.3. The molecule has 1 spiro atoms. The van der Waals surface area contributed by atoms with Gasteiger partial charge in [0.05, 0.1) is 0 Å². The third-order valence-corrected chi connectivity index (χ3v) is 6.36. The second-order valence-electron chi connectivity index (χ2n) is 8.92. The van der Waals surface area contributed by atoms with Gasteiger partial charge in [-0.25, -0.2) is 0 Å². The molecule has 1 atom stereocenters. The molecule has 0 radical (unpaired) electrons. The van der Waals surface area contributed by atoms with E-state index in [1.807, 2.05) is 0 Å². The number of para-hydroxylation sites is 1. The Bertz CT molecular complexity index is 571. The highest BCUT2D eigenvalue weighted by atomic mass is 16.5. The van der Waals surface area contributed by atoms with Crippen molar-refractivity contribution in [3.8, 4) is 5.75 Å². The third-order valence-electron chi connectivity index (χ3n) is 6.36. The van der Waals surface area contributed by atoms with Crippen LogP contribution in [0.2, 0.25) is 0 Å². The van der Waals surface area contributed by atoms with Crippen molar-refractivity contribution in [3.63, 3.8) is 0 Å². The van der Waals surface area contributed by atoms with E-state index in [9.17, 15) is 0 Å². The first-order valence-electron chi connectivity index (χ1n) is 10.4. The quantitative estimate of drug-likeness (QED) is 0.870. The number of nitrogens with zero attached hydrogens (tertiary/aromatic N) is 1. The average molecular weight is 343 g/mol. The van der Waals surface area contributed by atoms with Crippen molar-refractivity contribution in [1.82, 2.24) is 10.2 Å². The average Bonchev–Trinajstić information content (AvgIpc) is 3.03. The number of likely N-dealkylation sites (tertiary alicyclic amines) is 1. The Morgan fingerprint density at radius 2 is 1.88 bits per heavy atom. The smallest absolute Gasteiger partial charge is 0.124 e. The van der Waals surface area contributed by atoms with Crippen LogP contribution < -0.4 is 10.1 Å². The molecule has 2 fully saturated rings. The highest BCUT2D eigenvalue weighted by molar-refractivity contribution is 5.39. The second-order valence-corrected chi connectivity index (χ2v) is 8.92. The Morgan fingerprint density at radius 1 is 1.16 bits per heavy atom. The van der Waals surface area contributed by atoms with Crippen LogP contribution in [0.3, 0.4) is 0 Å². The molecule has 0 amide bonds. The normalized spacial score (nSPS) is 26.8. The van der Waals surface area contributed by atoms with E-state index in [1.165, 1.54) is 63.7 Å². The first kappa shape index (κ1) is 17.4. The first-order valence-corrected chi connectivity index (χ1v) is 10.4. The maximum Gasteiger partial charge on any atom is 0.124 e. The molecule has 1 N–H and O–H groups in total. The summed E-state index contributed by atoms with van der Waals surface area (Å²) in [4.78, 5) is 2.64. The minimum absolute atomic E-state index is 0.102. The second kappa shape index (κ2) is 7.28. The van der Waals surface area contributed by atoms with Gasteiger partial charge in [0.1, 0.15) is 11.4 Å². The van der Waals surface area contributed by atoms with Crippen LogP contribution in [0.25, 0.3) is 0 Å². The number of rotatable bonds is 4. The van der Waals surface area contributed by atoms with Gasteiger partial charge in [-0.1, -0.05) is 32.0 Å². The zero-order valence-electron chi connectivity index (χ0n) is 16.0. The Balaban J connectivity index is 1.43. The Kier molecular flexibility index (Phi) is 5.06. The van der Waals surface area contributed by atoms with Crippen LogP contribution >= 0.6 is 0 Å². The highest BCUT2D eigenvalue weighted by Crippen LogP contribution is 2.47. The number of fused-ring (bicyclic) bond motifs is 1. The molecule has 1 saturated heterocycles. The van der Waals surface area contributed by atoms with Gasteiger partial charge in [-0.05, 0) is 63.6 Å². The zero-order valence-corrected chi connectivity index (χ0v) is 16.0. The van der Waals surface area contributed by atoms with E-state index in [4.69, 9.17) is 4.74 Å². The summed E-state index contributed by atoms with van der Waals surface area (Å²) in [5, 5.41) is 4.03. The lowest BCUT2D eigenvalue weighted by atomic mass is 9.85. The highest BCUT2D eigenvalue weighted by Gasteiger charge is 2.43. The Hall–Kier alpha value is -1.06. The number of piperidine rings is 1. The van der Waals surface area contributed by atoms with Gasteiger partial charge in [-0.2, -0.15) is 0 Å². The molecule has 25 heavy (non-hydrogen) atoms. The van der Waals surface area contributed by atoms with E-state index in [-0.39, 0.29) is 5.60 Å². The van der Waals surface area contributed by atoms with Gasteiger partial charge in [0.15, 0.2) is 0 Å². The van der Waals surface area contributed by atoms with Crippen molar-refractivity contribution in [3.05, 3.63) is 29.8 Å². The van der Waals surface area contributed by atoms with Crippen LogP contribution in [0, 0.1) is 5.92 Å². The first-order chi connectivity index (χ1) is 12.1. The topological polar surface area (TPSA) is 24.5 Å². The summed E-state index contributed by atoms with van der Waals surface area (Å²) < 4.78 is 6.51. The summed E-state index contributed by atoms with van der Waals surface area (Å²) >= 11 is 0. The van der Waals surface area contributed by atoms with Crippen LogP contribution in [-0.4, -0.2) is 36.2 Å². The molecule has 2 aliphatic heterocycles. The van der Waals surface area contributed by atoms with E-state index < -0.39 is 0 Å². The largest absolute Gasteiger partial charge is 0.487 e. The maximum absolute atomic E-state index is 6.51. The number of hydrogen-bond donors (Lipinski definition) is 1. The number of benzene rings is 1. The summed E-state index contributed by atoms with van der Waals surface area (Å²) in [6.45, 7) is 8.38. The van der Waals surface area contributed by atoms with Crippen molar-refractivity contribution in [2.24, 2.45) is 5.92 Å². The molecule has 2 heterocycles. The molecule has 0 bridgehead atoms. The number of hydrogen-bond acceptors (Lipinski definition) is 3. The summed E-state index contributed by atoms with van der Waals surface area (Å²) in [6.07, 6.45) is 8.80. The standard InChI is InChI=1S/C22H34N2O/c1-17(2)16-24-13-9-18(10-14-24)23-20-15-22(11-5-6-12-22)25-21-8-4-3-7-19(20)21/h3-4,7-8,17-18,20,23H,5-6,9-16H2,1-2H3/t20-/m0/s1. The Morgan fingerprint density at radius 3 is 2.60 bits per heavy atom. The third kappa shape index (κ3) is 3.88. The fourth-order valence-electron chi connectivity index (χ4n) is 5.18. The molecular formula is C22H34N2O. The SMILES string of the molecule is CC(C)CN1CCC(N[C@H]2CC3(CCCC3)Oc3ccccc32)CC1. The molecule has 1 aromatic rings. The van der Waals surface area contributed by atoms with Gasteiger partial charge in [0.2, 0.25) is 0 Å². The molecule has 138 valence electrons. The maximum atomic E-state index is 6.51. The van der Waals surface area contributed by atoms with E-state index in [0.29, 0.717) is 12.1 Å². The molecule has 0 aromatic heterocycles. The molecule has 1 aliphatic carbocycles. The predicted molar refractivity (Wildman–Crippen MR) is 103 cm³/mol. The van der Waals surface area contributed by atoms with Crippen molar-refractivity contribution < 1.29 is 4.74 Å². The molecule has 4 rings (SSSR count). The van der Waals surface area contributed by atoms with Crippen molar-refractivity contribution in [1.29, 1.82) is 0 Å². The fraction of sp³-hybridized carbons (Fsp3) is 0.727. The lowest BCUT2D eigenvalue weighted by Crippen LogP contribution is -2.48. The van der Waals surface area contributed by atoms with Gasteiger partial charge in [-0.15, -0.1) is 0 Å². The minimum atomic E-state index is 0.102. The van der Waals surface area contributed by atoms with E-state index in [2.05, 4.69) is 48.3 Å². The molecule has 0 unspecified atom stereocenters. The van der Waals surface area contributed by atoms with Gasteiger partial charge in [0.25, 0.3) is 0 Å². The molecule has 1 saturated carbocycles. The van der Waals surface area contributed by atoms with Crippen LogP contribution in [0.4, 0.5) is 0 Å². The molecule has 3 nitrogen and oxygen atoms in total. The fourth-order valence-corrected chi connectivity index (χ4v) is 5.18. The number of nitrogens with one attached hydrogen (secondary N) is 1. The van der Waals surface area contributed by atoms with E-state index in [0.717, 1.165) is 18.1 Å². The van der Waals surface area contributed by atoms with E-state index >= 15 is 0 Å². The Labute approximate surface area is 153 Å². The van der Waals surface area contributed by atoms with Crippen LogP contribution in [-0.2, 0) is 0 Å². The molecular weight excluding hydrogens is 308 g/mol. The summed E-state index contributed by atoms with van der Waals surface area (Å²) in [6, 6.07) is 9.84. The minimum Gasteiger partial charge on any atom is -0.487 e. The van der Waals surface area contributed by atoms with Gasteiger partial charge in [-0.3, -0.25) is 0 Å². The molecule has 3 aliphatic rings. The van der Waals surface area contributed by atoms with Crippen LogP contribution in [0.15, 0.2) is 24.3 Å². The predicted octanol–water partition coefficient (Wildman–Crippen LogP) is 4.53. The number of ether oxygens (including phenoxy) is 1. The van der Waals surface area contributed by atoms with Crippen molar-refractivity contribution >= 4 is 0 Å². The lowest BCUT2D eigenvalue weighted by Gasteiger charge is -2.42. The van der Waals surface area contributed by atoms with Crippen molar-refractivity contribution in [2.75, 3.05) is 19.6 Å².